The van der Waals surface area contributed by atoms with Gasteiger partial charge in [0, 0.05) is 15.7 Å². The second kappa shape index (κ2) is 3.29. The predicted octanol–water partition coefficient (Wildman–Crippen LogP) is 4.11. The summed E-state index contributed by atoms with van der Waals surface area (Å²) < 4.78 is 0. The molecule has 0 saturated heterocycles. The maximum absolute atomic E-state index is 6.17. The van der Waals surface area contributed by atoms with E-state index in [1.54, 1.807) is 4.88 Å². The molecule has 0 N–H and O–H groups in total. The zero-order chi connectivity index (χ0) is 9.47. The monoisotopic (exact) mass is 214 g/mol. The van der Waals surface area contributed by atoms with Gasteiger partial charge in [-0.1, -0.05) is 6.92 Å². The first-order valence-electron chi connectivity index (χ1n) is 4.80. The van der Waals surface area contributed by atoms with E-state index in [-0.39, 0.29) is 0 Å². The summed E-state index contributed by atoms with van der Waals surface area (Å²) in [6.07, 6.45) is 3.58. The van der Waals surface area contributed by atoms with Crippen molar-refractivity contribution in [3.63, 3.8) is 0 Å². The molecule has 2 rings (SSSR count). The van der Waals surface area contributed by atoms with Gasteiger partial charge in [0.05, 0.1) is 0 Å². The highest BCUT2D eigenvalue weighted by molar-refractivity contribution is 7.10. The predicted molar refractivity (Wildman–Crippen MR) is 59.9 cm³/mol. The standard InChI is InChI=1S/C11H15ClS/c1-8-4-6-13-10(8)11(2)5-3-9(12)7-11/h4,6,9H,3,5,7H2,1-2H3. The summed E-state index contributed by atoms with van der Waals surface area (Å²) in [5.74, 6) is 0. The van der Waals surface area contributed by atoms with Gasteiger partial charge in [0.1, 0.15) is 0 Å². The van der Waals surface area contributed by atoms with Crippen molar-refractivity contribution in [3.05, 3.63) is 21.9 Å². The third-order valence-corrected chi connectivity index (χ3v) is 4.79. The molecule has 1 fully saturated rings. The van der Waals surface area contributed by atoms with E-state index in [2.05, 4.69) is 25.3 Å². The Bertz CT molecular complexity index is 305. The maximum Gasteiger partial charge on any atom is 0.0345 e. The second-order valence-corrected chi connectivity index (χ2v) is 5.87. The van der Waals surface area contributed by atoms with Gasteiger partial charge >= 0.3 is 0 Å². The van der Waals surface area contributed by atoms with Crippen molar-refractivity contribution in [2.24, 2.45) is 0 Å². The average Bonchev–Trinajstić information content (AvgIpc) is 2.59. The second-order valence-electron chi connectivity index (χ2n) is 4.33. The van der Waals surface area contributed by atoms with E-state index in [4.69, 9.17) is 11.6 Å². The van der Waals surface area contributed by atoms with Crippen LogP contribution in [0.25, 0.3) is 0 Å². The highest BCUT2D eigenvalue weighted by atomic mass is 35.5. The van der Waals surface area contributed by atoms with E-state index >= 15 is 0 Å². The van der Waals surface area contributed by atoms with Gasteiger partial charge in [0.2, 0.25) is 0 Å². The fraction of sp³-hybridized carbons (Fsp3) is 0.636. The first kappa shape index (κ1) is 9.54. The largest absolute Gasteiger partial charge is 0.148 e. The van der Waals surface area contributed by atoms with Crippen molar-refractivity contribution in [1.29, 1.82) is 0 Å². The van der Waals surface area contributed by atoms with Crippen LogP contribution in [0.15, 0.2) is 11.4 Å². The van der Waals surface area contributed by atoms with Gasteiger partial charge in [-0.05, 0) is 43.2 Å². The van der Waals surface area contributed by atoms with Gasteiger partial charge in [0.25, 0.3) is 0 Å². The minimum atomic E-state index is 0.366. The number of alkyl halides is 1. The summed E-state index contributed by atoms with van der Waals surface area (Å²) in [7, 11) is 0. The van der Waals surface area contributed by atoms with Crippen molar-refractivity contribution in [2.75, 3.05) is 0 Å². The van der Waals surface area contributed by atoms with Gasteiger partial charge in [-0.15, -0.1) is 22.9 Å². The molecular formula is C11H15ClS. The lowest BCUT2D eigenvalue weighted by atomic mass is 9.85. The first-order valence-corrected chi connectivity index (χ1v) is 6.12. The molecular weight excluding hydrogens is 200 g/mol. The lowest BCUT2D eigenvalue weighted by Crippen LogP contribution is -2.17. The molecule has 13 heavy (non-hydrogen) atoms. The Morgan fingerprint density at radius 3 is 2.85 bits per heavy atom. The molecule has 2 unspecified atom stereocenters. The van der Waals surface area contributed by atoms with E-state index in [0.717, 1.165) is 6.42 Å². The van der Waals surface area contributed by atoms with Crippen molar-refractivity contribution in [3.8, 4) is 0 Å². The van der Waals surface area contributed by atoms with Crippen LogP contribution in [-0.4, -0.2) is 5.38 Å². The van der Waals surface area contributed by atoms with Crippen LogP contribution in [0.5, 0.6) is 0 Å². The SMILES string of the molecule is Cc1ccsc1C1(C)CCC(Cl)C1. The molecule has 0 bridgehead atoms. The molecule has 1 aromatic rings. The molecule has 72 valence electrons. The third kappa shape index (κ3) is 1.64. The van der Waals surface area contributed by atoms with E-state index in [1.165, 1.54) is 18.4 Å². The Hall–Kier alpha value is -0.0100. The van der Waals surface area contributed by atoms with Gasteiger partial charge < -0.3 is 0 Å². The molecule has 1 aromatic heterocycles. The highest BCUT2D eigenvalue weighted by Gasteiger charge is 2.37. The lowest BCUT2D eigenvalue weighted by Gasteiger charge is -2.23. The zero-order valence-corrected chi connectivity index (χ0v) is 9.71. The maximum atomic E-state index is 6.17. The van der Waals surface area contributed by atoms with E-state index in [1.807, 2.05) is 11.3 Å². The summed E-state index contributed by atoms with van der Waals surface area (Å²) in [6, 6.07) is 2.22. The molecule has 1 aliphatic rings. The molecule has 2 heteroatoms. The summed E-state index contributed by atoms with van der Waals surface area (Å²) in [5.41, 5.74) is 1.81. The molecule has 1 aliphatic carbocycles. The van der Waals surface area contributed by atoms with E-state index in [9.17, 15) is 0 Å². The number of halogens is 1. The molecule has 0 spiro atoms. The Balaban J connectivity index is 2.30. The molecule has 0 aromatic carbocycles. The fourth-order valence-corrected chi connectivity index (χ4v) is 3.95. The fourth-order valence-electron chi connectivity index (χ4n) is 2.37. The van der Waals surface area contributed by atoms with E-state index < -0.39 is 0 Å². The Morgan fingerprint density at radius 1 is 1.62 bits per heavy atom. The van der Waals surface area contributed by atoms with E-state index in [0.29, 0.717) is 10.8 Å². The van der Waals surface area contributed by atoms with Gasteiger partial charge in [-0.2, -0.15) is 0 Å². The molecule has 0 aliphatic heterocycles. The molecule has 1 saturated carbocycles. The van der Waals surface area contributed by atoms with Crippen LogP contribution in [0.3, 0.4) is 0 Å². The number of hydrogen-bond donors (Lipinski definition) is 0. The Kier molecular flexibility index (Phi) is 2.41. The molecule has 0 amide bonds. The average molecular weight is 215 g/mol. The van der Waals surface area contributed by atoms with Crippen molar-refractivity contribution < 1.29 is 0 Å². The quantitative estimate of drug-likeness (QED) is 0.618. The summed E-state index contributed by atoms with van der Waals surface area (Å²) in [4.78, 5) is 1.55. The van der Waals surface area contributed by atoms with Gasteiger partial charge in [-0.25, -0.2) is 0 Å². The lowest BCUT2D eigenvalue weighted by molar-refractivity contribution is 0.500. The zero-order valence-electron chi connectivity index (χ0n) is 8.14. The first-order chi connectivity index (χ1) is 6.12. The molecule has 2 atom stereocenters. The van der Waals surface area contributed by atoms with Gasteiger partial charge in [0.15, 0.2) is 0 Å². The van der Waals surface area contributed by atoms with Crippen LogP contribution in [0.4, 0.5) is 0 Å². The minimum absolute atomic E-state index is 0.366. The summed E-state index contributed by atoms with van der Waals surface area (Å²) >= 11 is 8.06. The number of rotatable bonds is 1. The van der Waals surface area contributed by atoms with Crippen molar-refractivity contribution in [1.82, 2.24) is 0 Å². The van der Waals surface area contributed by atoms with Crippen LogP contribution in [0.2, 0.25) is 0 Å². The Labute approximate surface area is 88.9 Å². The van der Waals surface area contributed by atoms with Crippen molar-refractivity contribution in [2.45, 2.75) is 43.9 Å². The van der Waals surface area contributed by atoms with Crippen LogP contribution in [0.1, 0.15) is 36.6 Å². The summed E-state index contributed by atoms with van der Waals surface area (Å²) in [5, 5.41) is 2.59. The Morgan fingerprint density at radius 2 is 2.38 bits per heavy atom. The van der Waals surface area contributed by atoms with Gasteiger partial charge in [-0.3, -0.25) is 0 Å². The third-order valence-electron chi connectivity index (χ3n) is 3.09. The molecule has 0 radical (unpaired) electrons. The van der Waals surface area contributed by atoms with Crippen molar-refractivity contribution >= 4 is 22.9 Å². The highest BCUT2D eigenvalue weighted by Crippen LogP contribution is 2.45. The molecule has 0 nitrogen and oxygen atoms in total. The smallest absolute Gasteiger partial charge is 0.0345 e. The minimum Gasteiger partial charge on any atom is -0.148 e. The summed E-state index contributed by atoms with van der Waals surface area (Å²) in [6.45, 7) is 4.56. The normalized spacial score (nSPS) is 33.9. The topological polar surface area (TPSA) is 0 Å². The van der Waals surface area contributed by atoms with Crippen LogP contribution < -0.4 is 0 Å². The van der Waals surface area contributed by atoms with Crippen LogP contribution >= 0.6 is 22.9 Å². The van der Waals surface area contributed by atoms with Crippen LogP contribution in [-0.2, 0) is 5.41 Å². The molecule has 1 heterocycles. The number of hydrogen-bond acceptors (Lipinski definition) is 1. The number of thiophene rings is 1. The number of aryl methyl sites for hydroxylation is 1. The van der Waals surface area contributed by atoms with Crippen LogP contribution in [0, 0.1) is 6.92 Å².